The molecule has 150 valence electrons. The highest BCUT2D eigenvalue weighted by Gasteiger charge is 2.49. The normalized spacial score (nSPS) is 18.5. The number of nitrogens with one attached hydrogen (secondary N) is 2. The Balaban J connectivity index is 1.68. The molecule has 4 amide bonds. The summed E-state index contributed by atoms with van der Waals surface area (Å²) in [4.78, 5) is 48.4. The third-order valence-electron chi connectivity index (χ3n) is 4.61. The molecule has 1 aliphatic heterocycles. The summed E-state index contributed by atoms with van der Waals surface area (Å²) in [6.45, 7) is 1.23. The summed E-state index contributed by atoms with van der Waals surface area (Å²) in [5.41, 5.74) is -0.396. The number of hydrogen-bond acceptors (Lipinski definition) is 5. The van der Waals surface area contributed by atoms with Gasteiger partial charge in [-0.05, 0) is 42.3 Å². The predicted molar refractivity (Wildman–Crippen MR) is 104 cm³/mol. The first-order chi connectivity index (χ1) is 13.7. The number of halogens is 1. The largest absolute Gasteiger partial charge is 0.350 e. The van der Waals surface area contributed by atoms with Crippen LogP contribution in [-0.4, -0.2) is 34.2 Å². The first-order valence-corrected chi connectivity index (χ1v) is 8.98. The minimum Gasteiger partial charge on any atom is -0.350 e. The Labute approximate surface area is 170 Å². The van der Waals surface area contributed by atoms with Crippen LogP contribution < -0.4 is 10.6 Å². The van der Waals surface area contributed by atoms with Crippen LogP contribution in [0.15, 0.2) is 48.5 Å². The third kappa shape index (κ3) is 4.19. The van der Waals surface area contributed by atoms with Gasteiger partial charge in [0.1, 0.15) is 12.1 Å². The van der Waals surface area contributed by atoms with E-state index < -0.39 is 34.9 Å². The van der Waals surface area contributed by atoms with E-state index in [0.29, 0.717) is 10.6 Å². The fourth-order valence-electron chi connectivity index (χ4n) is 3.00. The molecule has 0 aliphatic carbocycles. The van der Waals surface area contributed by atoms with Crippen LogP contribution in [0.1, 0.15) is 18.1 Å². The van der Waals surface area contributed by atoms with Crippen LogP contribution in [-0.2, 0) is 21.7 Å². The molecule has 29 heavy (non-hydrogen) atoms. The molecule has 1 aliphatic rings. The monoisotopic (exact) mass is 416 g/mol. The highest BCUT2D eigenvalue weighted by atomic mass is 35.5. The van der Waals surface area contributed by atoms with Gasteiger partial charge in [0.15, 0.2) is 0 Å². The van der Waals surface area contributed by atoms with Crippen LogP contribution in [0.5, 0.6) is 0 Å². The molecule has 0 bridgehead atoms. The van der Waals surface area contributed by atoms with E-state index in [4.69, 9.17) is 11.6 Å². The lowest BCUT2D eigenvalue weighted by atomic mass is 9.92. The summed E-state index contributed by atoms with van der Waals surface area (Å²) in [6.07, 6.45) is 0. The molecule has 9 nitrogen and oxygen atoms in total. The molecule has 0 spiro atoms. The molecule has 2 aromatic carbocycles. The van der Waals surface area contributed by atoms with Crippen molar-refractivity contribution in [2.45, 2.75) is 19.0 Å². The Morgan fingerprint density at radius 3 is 2.55 bits per heavy atom. The van der Waals surface area contributed by atoms with Gasteiger partial charge in [-0.3, -0.25) is 24.6 Å². The molecule has 10 heteroatoms. The van der Waals surface area contributed by atoms with E-state index >= 15 is 0 Å². The summed E-state index contributed by atoms with van der Waals surface area (Å²) in [5, 5.41) is 16.5. The molecule has 0 unspecified atom stereocenters. The number of benzene rings is 2. The van der Waals surface area contributed by atoms with Crippen molar-refractivity contribution in [1.29, 1.82) is 0 Å². The number of amides is 4. The zero-order valence-corrected chi connectivity index (χ0v) is 16.1. The molecule has 2 N–H and O–H groups in total. The molecule has 1 atom stereocenters. The standard InChI is InChI=1S/C19H17ClN4O5/c1-19(13-5-7-15(8-6-13)24(28)29)17(26)23(18(27)22-19)11-16(25)21-10-12-3-2-4-14(20)9-12/h2-9H,10-11H2,1H3,(H,21,25)(H,22,27)/t19-/m1/s1. The van der Waals surface area contributed by atoms with Crippen molar-refractivity contribution < 1.29 is 19.3 Å². The minimum atomic E-state index is -1.42. The van der Waals surface area contributed by atoms with Gasteiger partial charge >= 0.3 is 6.03 Å². The molecule has 0 saturated carbocycles. The van der Waals surface area contributed by atoms with Crippen molar-refractivity contribution in [3.05, 3.63) is 74.8 Å². The molecular weight excluding hydrogens is 400 g/mol. The number of non-ortho nitro benzene ring substituents is 1. The van der Waals surface area contributed by atoms with E-state index in [1.807, 2.05) is 0 Å². The summed E-state index contributed by atoms with van der Waals surface area (Å²) >= 11 is 5.90. The number of nitrogens with zero attached hydrogens (tertiary/aromatic N) is 2. The fraction of sp³-hybridized carbons (Fsp3) is 0.211. The maximum atomic E-state index is 12.8. The number of hydrogen-bond donors (Lipinski definition) is 2. The predicted octanol–water partition coefficient (Wildman–Crippen LogP) is 2.33. The zero-order chi connectivity index (χ0) is 21.2. The van der Waals surface area contributed by atoms with Crippen LogP contribution in [0, 0.1) is 10.1 Å². The van der Waals surface area contributed by atoms with Crippen molar-refractivity contribution >= 4 is 35.1 Å². The number of carbonyl (C=O) groups is 3. The van der Waals surface area contributed by atoms with Gasteiger partial charge in [-0.25, -0.2) is 4.79 Å². The lowest BCUT2D eigenvalue weighted by Crippen LogP contribution is -2.43. The Bertz CT molecular complexity index is 994. The van der Waals surface area contributed by atoms with E-state index in [1.165, 1.54) is 31.2 Å². The van der Waals surface area contributed by atoms with E-state index in [9.17, 15) is 24.5 Å². The van der Waals surface area contributed by atoms with Crippen LogP contribution in [0.4, 0.5) is 10.5 Å². The first-order valence-electron chi connectivity index (χ1n) is 8.61. The second-order valence-corrected chi connectivity index (χ2v) is 7.09. The highest BCUT2D eigenvalue weighted by molar-refractivity contribution is 6.30. The number of imide groups is 1. The van der Waals surface area contributed by atoms with Gasteiger partial charge in [-0.15, -0.1) is 0 Å². The van der Waals surface area contributed by atoms with E-state index in [2.05, 4.69) is 10.6 Å². The van der Waals surface area contributed by atoms with Crippen LogP contribution in [0.25, 0.3) is 0 Å². The van der Waals surface area contributed by atoms with Crippen molar-refractivity contribution in [3.63, 3.8) is 0 Å². The van der Waals surface area contributed by atoms with Gasteiger partial charge in [-0.1, -0.05) is 23.7 Å². The van der Waals surface area contributed by atoms with Crippen molar-refractivity contribution in [3.8, 4) is 0 Å². The Hall–Kier alpha value is -3.46. The zero-order valence-electron chi connectivity index (χ0n) is 15.3. The SMILES string of the molecule is C[C@]1(c2ccc([N+](=O)[O-])cc2)NC(=O)N(CC(=O)NCc2cccc(Cl)c2)C1=O. The van der Waals surface area contributed by atoms with E-state index in [1.54, 1.807) is 24.3 Å². The highest BCUT2D eigenvalue weighted by Crippen LogP contribution is 2.29. The molecular formula is C19H17ClN4O5. The molecule has 2 aromatic rings. The van der Waals surface area contributed by atoms with Crippen LogP contribution in [0.3, 0.4) is 0 Å². The maximum absolute atomic E-state index is 12.8. The fourth-order valence-corrected chi connectivity index (χ4v) is 3.21. The van der Waals surface area contributed by atoms with Gasteiger partial charge in [0, 0.05) is 23.7 Å². The second-order valence-electron chi connectivity index (χ2n) is 6.66. The molecule has 1 saturated heterocycles. The average Bonchev–Trinajstić information content (AvgIpc) is 2.90. The van der Waals surface area contributed by atoms with E-state index in [0.717, 1.165) is 10.5 Å². The van der Waals surface area contributed by atoms with Crippen molar-refractivity contribution in [2.75, 3.05) is 6.54 Å². The Morgan fingerprint density at radius 1 is 1.24 bits per heavy atom. The summed E-state index contributed by atoms with van der Waals surface area (Å²) in [7, 11) is 0. The lowest BCUT2D eigenvalue weighted by Gasteiger charge is -2.22. The van der Waals surface area contributed by atoms with Gasteiger partial charge in [0.05, 0.1) is 4.92 Å². The van der Waals surface area contributed by atoms with E-state index in [-0.39, 0.29) is 12.2 Å². The lowest BCUT2D eigenvalue weighted by molar-refractivity contribution is -0.384. The average molecular weight is 417 g/mol. The number of urea groups is 1. The Morgan fingerprint density at radius 2 is 1.93 bits per heavy atom. The van der Waals surface area contributed by atoms with Gasteiger partial charge in [0.25, 0.3) is 11.6 Å². The smallest absolute Gasteiger partial charge is 0.325 e. The number of carbonyl (C=O) groups excluding carboxylic acids is 3. The number of rotatable bonds is 6. The summed E-state index contributed by atoms with van der Waals surface area (Å²) in [5.74, 6) is -1.13. The van der Waals surface area contributed by atoms with Gasteiger partial charge in [-0.2, -0.15) is 0 Å². The topological polar surface area (TPSA) is 122 Å². The first kappa shape index (κ1) is 20.3. The third-order valence-corrected chi connectivity index (χ3v) is 4.85. The number of nitro benzene ring substituents is 1. The maximum Gasteiger partial charge on any atom is 0.325 e. The van der Waals surface area contributed by atoms with Gasteiger partial charge in [0.2, 0.25) is 5.91 Å². The van der Waals surface area contributed by atoms with Crippen molar-refractivity contribution in [1.82, 2.24) is 15.5 Å². The molecule has 0 radical (unpaired) electrons. The molecule has 3 rings (SSSR count). The quantitative estimate of drug-likeness (QED) is 0.425. The second kappa shape index (κ2) is 7.88. The minimum absolute atomic E-state index is 0.133. The number of nitro groups is 1. The van der Waals surface area contributed by atoms with Crippen molar-refractivity contribution in [2.24, 2.45) is 0 Å². The Kier molecular flexibility index (Phi) is 5.51. The van der Waals surface area contributed by atoms with Crippen LogP contribution in [0.2, 0.25) is 5.02 Å². The summed E-state index contributed by atoms with van der Waals surface area (Å²) in [6, 6.07) is 11.5. The summed E-state index contributed by atoms with van der Waals surface area (Å²) < 4.78 is 0. The molecule has 1 heterocycles. The van der Waals surface area contributed by atoms with Crippen LogP contribution >= 0.6 is 11.6 Å². The molecule has 0 aromatic heterocycles. The molecule has 1 fully saturated rings. The van der Waals surface area contributed by atoms with Gasteiger partial charge < -0.3 is 10.6 Å².